The van der Waals surface area contributed by atoms with Crippen LogP contribution in [0.3, 0.4) is 0 Å². The maximum atomic E-state index is 12.8. The fourth-order valence-corrected chi connectivity index (χ4v) is 4.68. The number of hydrogen-bond donors (Lipinski definition) is 6. The molecule has 2 aromatic rings. The summed E-state index contributed by atoms with van der Waals surface area (Å²) in [5.41, 5.74) is 0.252. The summed E-state index contributed by atoms with van der Waals surface area (Å²) < 4.78 is 22.6. The van der Waals surface area contributed by atoms with Crippen LogP contribution in [-0.4, -0.2) is 102 Å². The van der Waals surface area contributed by atoms with Gasteiger partial charge >= 0.3 is 0 Å². The van der Waals surface area contributed by atoms with E-state index in [1.54, 1.807) is 24.3 Å². The van der Waals surface area contributed by atoms with E-state index in [9.17, 15) is 29.4 Å². The lowest BCUT2D eigenvalue weighted by molar-refractivity contribution is -0.262. The molecule has 0 bridgehead atoms. The number of aromatic nitrogens is 1. The van der Waals surface area contributed by atoms with Crippen LogP contribution in [-0.2, 0) is 28.6 Å². The van der Waals surface area contributed by atoms with Crippen molar-refractivity contribution in [3.8, 4) is 11.6 Å². The summed E-state index contributed by atoms with van der Waals surface area (Å²) in [6.45, 7) is 5.53. The molecule has 15 nitrogen and oxygen atoms in total. The van der Waals surface area contributed by atoms with Crippen molar-refractivity contribution in [3.63, 3.8) is 0 Å². The van der Waals surface area contributed by atoms with E-state index < -0.39 is 48.4 Å². The number of unbranched alkanes of at least 4 members (excludes halogenated alkanes) is 3. The number of rotatable bonds is 19. The molecule has 6 N–H and O–H groups in total. The highest BCUT2D eigenvalue weighted by molar-refractivity contribution is 5.96. The van der Waals surface area contributed by atoms with E-state index in [0.29, 0.717) is 31.0 Å². The number of benzene rings is 1. The molecule has 0 spiro atoms. The standard InChI is InChI=1S/C33H47N5O10/c1-21(2)46-20-37-27(41)17-26(40)34-15-9-4-5-10-16-45-33-29(38-22(3)39)31(43)30(42)25(48-33)19-36-32(44)23-13-14-28(35-18-23)47-24-11-7-6-8-12-24/h6-8,11-14,18,21,25,29-31,33,42-43H,4-5,9-10,15-17,19-20H2,1-3H3,(H,34,40)(H,36,44)(H,37,41)(H,38,39). The third kappa shape index (κ3) is 13.5. The molecule has 2 heterocycles. The number of carbonyl (C=O) groups excluding carboxylic acids is 4. The lowest BCUT2D eigenvalue weighted by Crippen LogP contribution is -2.65. The topological polar surface area (TPSA) is 207 Å². The first-order valence-corrected chi connectivity index (χ1v) is 16.1. The molecule has 1 aromatic heterocycles. The Hall–Kier alpha value is -4.15. The Kier molecular flexibility index (Phi) is 16.2. The van der Waals surface area contributed by atoms with Crippen molar-refractivity contribution in [2.45, 2.75) is 89.6 Å². The second kappa shape index (κ2) is 20.3. The Balaban J connectivity index is 1.39. The van der Waals surface area contributed by atoms with Crippen molar-refractivity contribution in [1.82, 2.24) is 26.3 Å². The molecule has 1 aromatic carbocycles. The second-order valence-electron chi connectivity index (χ2n) is 11.5. The molecule has 15 heteroatoms. The van der Waals surface area contributed by atoms with Gasteiger partial charge in [-0.2, -0.15) is 0 Å². The maximum Gasteiger partial charge on any atom is 0.252 e. The molecule has 48 heavy (non-hydrogen) atoms. The minimum Gasteiger partial charge on any atom is -0.439 e. The summed E-state index contributed by atoms with van der Waals surface area (Å²) in [6.07, 6.45) is -1.03. The van der Waals surface area contributed by atoms with Crippen LogP contribution in [0, 0.1) is 0 Å². The third-order valence-corrected chi connectivity index (χ3v) is 7.18. The van der Waals surface area contributed by atoms with Crippen molar-refractivity contribution < 1.29 is 48.3 Å². The summed E-state index contributed by atoms with van der Waals surface area (Å²) in [5, 5.41) is 32.0. The van der Waals surface area contributed by atoms with Crippen LogP contribution in [0.15, 0.2) is 48.7 Å². The number of amides is 4. The van der Waals surface area contributed by atoms with Crippen molar-refractivity contribution in [2.75, 3.05) is 26.4 Å². The quantitative estimate of drug-likeness (QED) is 0.0708. The molecule has 1 fully saturated rings. The van der Waals surface area contributed by atoms with Gasteiger partial charge in [-0.15, -0.1) is 0 Å². The molecule has 0 saturated carbocycles. The minimum atomic E-state index is -1.42. The average Bonchev–Trinajstić information content (AvgIpc) is 3.05. The molecule has 0 aliphatic carbocycles. The Morgan fingerprint density at radius 3 is 2.33 bits per heavy atom. The zero-order valence-electron chi connectivity index (χ0n) is 27.6. The Bertz CT molecular complexity index is 1300. The van der Waals surface area contributed by atoms with Gasteiger partial charge in [-0.3, -0.25) is 19.2 Å². The van der Waals surface area contributed by atoms with Gasteiger partial charge in [0.05, 0.1) is 11.7 Å². The first-order valence-electron chi connectivity index (χ1n) is 16.1. The number of para-hydroxylation sites is 1. The number of aliphatic hydroxyl groups is 2. The van der Waals surface area contributed by atoms with Crippen LogP contribution in [0.2, 0.25) is 0 Å². The molecule has 4 amide bonds. The van der Waals surface area contributed by atoms with Crippen LogP contribution in [0.25, 0.3) is 0 Å². The molecular weight excluding hydrogens is 626 g/mol. The largest absolute Gasteiger partial charge is 0.439 e. The Labute approximate surface area is 280 Å². The molecule has 1 aliphatic rings. The zero-order valence-corrected chi connectivity index (χ0v) is 27.6. The van der Waals surface area contributed by atoms with Crippen LogP contribution >= 0.6 is 0 Å². The summed E-state index contributed by atoms with van der Waals surface area (Å²) >= 11 is 0. The molecule has 0 radical (unpaired) electrons. The molecule has 264 valence electrons. The SMILES string of the molecule is CC(=O)NC1C(OCCCCCCNC(=O)CC(=O)NCOC(C)C)OC(CNC(=O)c2ccc(Oc3ccccc3)nc2)C(O)C1O. The van der Waals surface area contributed by atoms with Gasteiger partial charge in [0.25, 0.3) is 5.91 Å². The third-order valence-electron chi connectivity index (χ3n) is 7.18. The van der Waals surface area contributed by atoms with Crippen molar-refractivity contribution in [3.05, 3.63) is 54.2 Å². The summed E-state index contributed by atoms with van der Waals surface area (Å²) in [7, 11) is 0. The number of pyridine rings is 1. The van der Waals surface area contributed by atoms with Gasteiger partial charge in [0.15, 0.2) is 6.29 Å². The predicted octanol–water partition coefficient (Wildman–Crippen LogP) is 1.14. The highest BCUT2D eigenvalue weighted by atomic mass is 16.7. The summed E-state index contributed by atoms with van der Waals surface area (Å²) in [4.78, 5) is 52.4. The van der Waals surface area contributed by atoms with Crippen molar-refractivity contribution in [2.24, 2.45) is 0 Å². The second-order valence-corrected chi connectivity index (χ2v) is 11.5. The normalized spacial score (nSPS) is 20.5. The molecule has 5 unspecified atom stereocenters. The molecule has 1 aliphatic heterocycles. The smallest absolute Gasteiger partial charge is 0.252 e. The van der Waals surface area contributed by atoms with E-state index in [2.05, 4.69) is 26.3 Å². The number of nitrogens with zero attached hydrogens (tertiary/aromatic N) is 1. The van der Waals surface area contributed by atoms with E-state index in [-0.39, 0.29) is 43.9 Å². The Morgan fingerprint density at radius 2 is 1.65 bits per heavy atom. The van der Waals surface area contributed by atoms with Gasteiger partial charge in [0.1, 0.15) is 43.3 Å². The van der Waals surface area contributed by atoms with Crippen molar-refractivity contribution in [1.29, 1.82) is 0 Å². The molecule has 1 saturated heterocycles. The van der Waals surface area contributed by atoms with Crippen LogP contribution in [0.1, 0.15) is 63.2 Å². The fourth-order valence-electron chi connectivity index (χ4n) is 4.68. The molecule has 5 atom stereocenters. The number of carbonyl (C=O) groups is 4. The molecular formula is C33H47N5O10. The Morgan fingerprint density at radius 1 is 0.917 bits per heavy atom. The number of hydrogen-bond acceptors (Lipinski definition) is 11. The summed E-state index contributed by atoms with van der Waals surface area (Å²) in [5.74, 6) is -0.776. The van der Waals surface area contributed by atoms with Crippen LogP contribution < -0.4 is 26.0 Å². The number of aliphatic hydroxyl groups excluding tert-OH is 2. The van der Waals surface area contributed by atoms with E-state index in [1.807, 2.05) is 32.0 Å². The van der Waals surface area contributed by atoms with E-state index >= 15 is 0 Å². The van der Waals surface area contributed by atoms with Gasteiger partial charge < -0.3 is 50.4 Å². The predicted molar refractivity (Wildman–Crippen MR) is 173 cm³/mol. The monoisotopic (exact) mass is 673 g/mol. The average molecular weight is 674 g/mol. The lowest BCUT2D eigenvalue weighted by Gasteiger charge is -2.42. The van der Waals surface area contributed by atoms with Gasteiger partial charge in [0.2, 0.25) is 23.6 Å². The van der Waals surface area contributed by atoms with Gasteiger partial charge in [-0.25, -0.2) is 4.98 Å². The maximum absolute atomic E-state index is 12.8. The van der Waals surface area contributed by atoms with E-state index in [4.69, 9.17) is 18.9 Å². The van der Waals surface area contributed by atoms with Gasteiger partial charge in [0, 0.05) is 38.9 Å². The van der Waals surface area contributed by atoms with E-state index in [0.717, 1.165) is 12.8 Å². The van der Waals surface area contributed by atoms with Gasteiger partial charge in [-0.05, 0) is 44.9 Å². The van der Waals surface area contributed by atoms with Crippen molar-refractivity contribution >= 4 is 23.6 Å². The summed E-state index contributed by atoms with van der Waals surface area (Å²) in [6, 6.07) is 11.2. The van der Waals surface area contributed by atoms with Gasteiger partial charge in [-0.1, -0.05) is 31.0 Å². The molecule has 3 rings (SSSR count). The van der Waals surface area contributed by atoms with E-state index in [1.165, 1.54) is 13.1 Å². The highest BCUT2D eigenvalue weighted by Gasteiger charge is 2.45. The number of ether oxygens (including phenoxy) is 4. The highest BCUT2D eigenvalue weighted by Crippen LogP contribution is 2.23. The lowest BCUT2D eigenvalue weighted by atomic mass is 9.96. The number of nitrogens with one attached hydrogen (secondary N) is 4. The zero-order chi connectivity index (χ0) is 34.9. The van der Waals surface area contributed by atoms with Crippen LogP contribution in [0.4, 0.5) is 0 Å². The fraction of sp³-hybridized carbons (Fsp3) is 0.545. The first-order chi connectivity index (χ1) is 23.0. The first kappa shape index (κ1) is 38.3. The minimum absolute atomic E-state index is 0.0235. The van der Waals surface area contributed by atoms with Crippen LogP contribution in [0.5, 0.6) is 11.6 Å².